The minimum Gasteiger partial charge on any atom is -0.502 e. The molecular weight excluding hydrogens is 705 g/mol. The van der Waals surface area contributed by atoms with Crippen LogP contribution in [0.25, 0.3) is 0 Å². The van der Waals surface area contributed by atoms with E-state index in [9.17, 15) is 0 Å². The molecule has 11 rings (SSSR count). The molecule has 57 heavy (non-hydrogen) atoms. The highest BCUT2D eigenvalue weighted by molar-refractivity contribution is 5.54. The van der Waals surface area contributed by atoms with Gasteiger partial charge >= 0.3 is 0 Å². The van der Waals surface area contributed by atoms with Gasteiger partial charge in [0.25, 0.3) is 0 Å². The fraction of sp³-hybridized carbons (Fsp3) is 0.412. The van der Waals surface area contributed by atoms with Gasteiger partial charge in [-0.25, -0.2) is 0 Å². The zero-order chi connectivity index (χ0) is 39.5. The van der Waals surface area contributed by atoms with Crippen molar-refractivity contribution in [1.82, 2.24) is 5.32 Å². The topological polar surface area (TPSA) is 61.0 Å². The number of nitrogens with one attached hydrogen (secondary N) is 2. The van der Waals surface area contributed by atoms with Crippen molar-refractivity contribution in [2.45, 2.75) is 96.6 Å². The van der Waals surface area contributed by atoms with E-state index >= 15 is 0 Å². The first-order chi connectivity index (χ1) is 28.4. The lowest BCUT2D eigenvalue weighted by atomic mass is 10.1. The Kier molecular flexibility index (Phi) is 24.7. The summed E-state index contributed by atoms with van der Waals surface area (Å²) < 4.78 is 20.0. The van der Waals surface area contributed by atoms with Crippen LogP contribution in [-0.2, 0) is 40.1 Å². The van der Waals surface area contributed by atoms with Crippen LogP contribution in [0.3, 0.4) is 0 Å². The second-order valence-electron chi connectivity index (χ2n) is 14.2. The van der Waals surface area contributed by atoms with Gasteiger partial charge in [-0.3, -0.25) is 0 Å². The molecule has 0 amide bonds. The van der Waals surface area contributed by atoms with Crippen LogP contribution < -0.4 is 15.4 Å². The lowest BCUT2D eigenvalue weighted by Gasteiger charge is -2.01. The van der Waals surface area contributed by atoms with Gasteiger partial charge in [0.1, 0.15) is 12.4 Å². The normalized spacial score (nSPS) is 17.8. The minimum atomic E-state index is 0.733. The Morgan fingerprint density at radius 3 is 1.47 bits per heavy atom. The van der Waals surface area contributed by atoms with Crippen molar-refractivity contribution >= 4 is 5.69 Å². The zero-order valence-electron chi connectivity index (χ0n) is 34.3. The molecule has 0 bridgehead atoms. The van der Waals surface area contributed by atoms with Crippen LogP contribution >= 0.6 is 0 Å². The summed E-state index contributed by atoms with van der Waals surface area (Å²) in [5.74, 6) is 1.07. The van der Waals surface area contributed by atoms with Crippen LogP contribution in [0, 0.1) is 0 Å². The molecule has 6 heteroatoms. The van der Waals surface area contributed by atoms with E-state index in [4.69, 9.17) is 18.9 Å². The smallest absolute Gasteiger partial charge is 0.122 e. The summed E-state index contributed by atoms with van der Waals surface area (Å²) in [6.07, 6.45) is 41.2. The molecule has 0 atom stereocenters. The summed E-state index contributed by atoms with van der Waals surface area (Å²) in [7, 11) is 0. The largest absolute Gasteiger partial charge is 0.502 e. The molecule has 0 saturated heterocycles. The number of anilines is 1. The van der Waals surface area contributed by atoms with Crippen molar-refractivity contribution in [3.63, 3.8) is 0 Å². The number of allylic oxidation sites excluding steroid dienone is 7. The molecule has 2 N–H and O–H groups in total. The number of benzene rings is 3. The van der Waals surface area contributed by atoms with E-state index in [2.05, 4.69) is 95.6 Å². The maximum Gasteiger partial charge on any atom is 0.122 e. The number of hydrogen-bond acceptors (Lipinski definition) is 6. The highest BCUT2D eigenvalue weighted by Crippen LogP contribution is 2.23. The van der Waals surface area contributed by atoms with Crippen molar-refractivity contribution in [3.8, 4) is 5.75 Å². The molecule has 0 unspecified atom stereocenters. The van der Waals surface area contributed by atoms with E-state index in [1.807, 2.05) is 48.6 Å². The third-order valence-corrected chi connectivity index (χ3v) is 9.64. The van der Waals surface area contributed by atoms with E-state index in [-0.39, 0.29) is 0 Å². The molecule has 8 aliphatic rings. The molecule has 0 spiro atoms. The first kappa shape index (κ1) is 44.9. The molecular formula is C51H68N2O4. The molecule has 2 aliphatic carbocycles. The lowest BCUT2D eigenvalue weighted by molar-refractivity contribution is 0.158. The predicted octanol–water partition coefficient (Wildman–Crippen LogP) is 12.2. The maximum absolute atomic E-state index is 5.30. The van der Waals surface area contributed by atoms with Crippen LogP contribution in [-0.4, -0.2) is 39.6 Å². The second kappa shape index (κ2) is 31.3. The maximum atomic E-state index is 5.30. The SMILES string of the molecule is C1=CCCCC1.C1=CCCCC1.C1=CCOC=C1.C1=CCOCC1.C1=COCCC1.c1ccc2c(c1)CCN2.c1ccc2c(c1)CCO2.c1ccc2c(c1)CNC2. The number of para-hydroxylation sites is 2. The minimum absolute atomic E-state index is 0.733. The van der Waals surface area contributed by atoms with Gasteiger partial charge in [0.05, 0.1) is 39.0 Å². The number of hydrogen-bond donors (Lipinski definition) is 2. The molecule has 6 aliphatic heterocycles. The molecule has 3 aromatic rings. The van der Waals surface area contributed by atoms with Gasteiger partial charge < -0.3 is 29.6 Å². The average molecular weight is 773 g/mol. The molecule has 0 saturated carbocycles. The van der Waals surface area contributed by atoms with Crippen LogP contribution in [0.2, 0.25) is 0 Å². The van der Waals surface area contributed by atoms with Crippen LogP contribution in [0.5, 0.6) is 5.75 Å². The van der Waals surface area contributed by atoms with Crippen molar-refractivity contribution < 1.29 is 18.9 Å². The molecule has 6 heterocycles. The molecule has 0 aromatic heterocycles. The standard InChI is InChI=1S/2C8H9N.C8H8O.2C6H10.2C5H8O.C5H6O/c1-2-4-8-6-9-5-7(8)3-1;2*1-2-4-8-7(3-1)5-6-9-8;5*1-2-4-6-5-3-1/h2*1-4,9H,5-6H2;1-4H,5-6H2;2*1-2H,3-6H2;2,4H,1,3,5H2;1-2H,3-5H2;1-4H,5H2. The van der Waals surface area contributed by atoms with E-state index in [0.29, 0.717) is 0 Å². The summed E-state index contributed by atoms with van der Waals surface area (Å²) in [4.78, 5) is 0. The van der Waals surface area contributed by atoms with Gasteiger partial charge in [0.2, 0.25) is 0 Å². The van der Waals surface area contributed by atoms with Gasteiger partial charge in [-0.15, -0.1) is 0 Å². The summed E-state index contributed by atoms with van der Waals surface area (Å²) >= 11 is 0. The Balaban J connectivity index is 0.000000146. The number of rotatable bonds is 0. The molecule has 306 valence electrons. The highest BCUT2D eigenvalue weighted by atomic mass is 16.5. The van der Waals surface area contributed by atoms with Crippen molar-refractivity contribution in [2.75, 3.05) is 44.9 Å². The monoisotopic (exact) mass is 773 g/mol. The first-order valence-corrected chi connectivity index (χ1v) is 21.4. The molecule has 0 radical (unpaired) electrons. The van der Waals surface area contributed by atoms with E-state index < -0.39 is 0 Å². The van der Waals surface area contributed by atoms with Gasteiger partial charge in [0.15, 0.2) is 0 Å². The Morgan fingerprint density at radius 2 is 1.07 bits per heavy atom. The van der Waals surface area contributed by atoms with Gasteiger partial charge in [-0.1, -0.05) is 103 Å². The lowest BCUT2D eigenvalue weighted by Crippen LogP contribution is -1.99. The van der Waals surface area contributed by atoms with E-state index in [1.54, 1.807) is 12.5 Å². The Hall–Kier alpha value is -4.78. The third kappa shape index (κ3) is 21.4. The third-order valence-electron chi connectivity index (χ3n) is 9.64. The highest BCUT2D eigenvalue weighted by Gasteiger charge is 2.09. The quantitative estimate of drug-likeness (QED) is 0.222. The van der Waals surface area contributed by atoms with Crippen molar-refractivity contribution in [1.29, 1.82) is 0 Å². The van der Waals surface area contributed by atoms with Crippen LogP contribution in [0.4, 0.5) is 5.69 Å². The van der Waals surface area contributed by atoms with Gasteiger partial charge in [-0.2, -0.15) is 0 Å². The van der Waals surface area contributed by atoms with Gasteiger partial charge in [0, 0.05) is 31.7 Å². The Morgan fingerprint density at radius 1 is 0.439 bits per heavy atom. The summed E-state index contributed by atoms with van der Waals surface area (Å²) in [5, 5.41) is 6.59. The fourth-order valence-electron chi connectivity index (χ4n) is 6.44. The summed E-state index contributed by atoms with van der Waals surface area (Å²) in [5.41, 5.74) is 7.03. The van der Waals surface area contributed by atoms with Crippen LogP contribution in [0.15, 0.2) is 146 Å². The summed E-state index contributed by atoms with van der Waals surface area (Å²) in [6.45, 7) is 7.45. The Labute approximate surface area is 344 Å². The fourth-order valence-corrected chi connectivity index (χ4v) is 6.44. The number of ether oxygens (including phenoxy) is 4. The molecule has 0 fully saturated rings. The van der Waals surface area contributed by atoms with Crippen LogP contribution in [0.1, 0.15) is 92.9 Å². The van der Waals surface area contributed by atoms with E-state index in [0.717, 1.165) is 71.3 Å². The van der Waals surface area contributed by atoms with Crippen molar-refractivity contribution in [2.24, 2.45) is 0 Å². The summed E-state index contributed by atoms with van der Waals surface area (Å²) in [6, 6.07) is 25.2. The second-order valence-corrected chi connectivity index (χ2v) is 14.2. The van der Waals surface area contributed by atoms with Crippen molar-refractivity contribution in [3.05, 3.63) is 168 Å². The Bertz CT molecular complexity index is 1350. The molecule has 6 nitrogen and oxygen atoms in total. The van der Waals surface area contributed by atoms with E-state index in [1.165, 1.54) is 98.6 Å². The van der Waals surface area contributed by atoms with Gasteiger partial charge in [-0.05, 0) is 130 Å². The predicted molar refractivity (Wildman–Crippen MR) is 240 cm³/mol. The first-order valence-electron chi connectivity index (χ1n) is 21.4. The average Bonchev–Trinajstić information content (AvgIpc) is 4.13. The zero-order valence-corrected chi connectivity index (χ0v) is 34.3. The number of fused-ring (bicyclic) bond motifs is 3. The molecule has 3 aromatic carbocycles.